The van der Waals surface area contributed by atoms with Crippen LogP contribution in [0.15, 0.2) is 53.7 Å². The van der Waals surface area contributed by atoms with Gasteiger partial charge in [-0.3, -0.25) is 0 Å². The zero-order valence-corrected chi connectivity index (χ0v) is 12.9. The minimum Gasteiger partial charge on any atom is -0.379 e. The van der Waals surface area contributed by atoms with Crippen molar-refractivity contribution >= 4 is 21.7 Å². The molecule has 0 aliphatic heterocycles. The molecule has 1 aromatic heterocycles. The maximum Gasteiger partial charge on any atom is 0.340 e. The van der Waals surface area contributed by atoms with Crippen LogP contribution in [0.3, 0.4) is 0 Å². The number of tetrazole rings is 1. The van der Waals surface area contributed by atoms with Crippen LogP contribution in [0.4, 0.5) is 4.39 Å². The van der Waals surface area contributed by atoms with E-state index in [1.54, 1.807) is 12.1 Å². The Morgan fingerprint density at radius 3 is 2.52 bits per heavy atom. The Kier molecular flexibility index (Phi) is 3.97. The van der Waals surface area contributed by atoms with Gasteiger partial charge in [0, 0.05) is 0 Å². The van der Waals surface area contributed by atoms with Crippen molar-refractivity contribution in [3.8, 4) is 11.4 Å². The zero-order valence-electron chi connectivity index (χ0n) is 11.3. The molecule has 0 unspecified atom stereocenters. The largest absolute Gasteiger partial charge is 0.379 e. The summed E-state index contributed by atoms with van der Waals surface area (Å²) in [5, 5.41) is 10.6. The average molecular weight is 355 g/mol. The van der Waals surface area contributed by atoms with E-state index in [2.05, 4.69) is 15.5 Å². The fourth-order valence-corrected chi connectivity index (χ4v) is 3.19. The topological polar surface area (TPSA) is 87.0 Å². The fourth-order valence-electron chi connectivity index (χ4n) is 1.77. The fraction of sp³-hybridized carbons (Fsp3) is 0. The molecule has 0 atom stereocenters. The third-order valence-electron chi connectivity index (χ3n) is 2.82. The normalized spacial score (nSPS) is 11.4. The van der Waals surface area contributed by atoms with Gasteiger partial charge in [0.2, 0.25) is 0 Å². The van der Waals surface area contributed by atoms with Crippen molar-refractivity contribution in [2.75, 3.05) is 0 Å². The summed E-state index contributed by atoms with van der Waals surface area (Å²) < 4.78 is 43.9. The van der Waals surface area contributed by atoms with Gasteiger partial charge in [-0.2, -0.15) is 8.42 Å². The van der Waals surface area contributed by atoms with Gasteiger partial charge in [-0.25, -0.2) is 9.07 Å². The molecule has 10 heteroatoms. The predicted octanol–water partition coefficient (Wildman–Crippen LogP) is 2.22. The van der Waals surface area contributed by atoms with Crippen molar-refractivity contribution in [1.82, 2.24) is 20.2 Å². The molecule has 3 rings (SSSR count). The van der Waals surface area contributed by atoms with E-state index in [0.29, 0.717) is 5.69 Å². The lowest BCUT2D eigenvalue weighted by molar-refractivity contribution is 0.485. The van der Waals surface area contributed by atoms with E-state index in [-0.39, 0.29) is 10.8 Å². The van der Waals surface area contributed by atoms with Gasteiger partial charge in [0.25, 0.3) is 0 Å². The summed E-state index contributed by atoms with van der Waals surface area (Å²) in [5.74, 6) is -0.687. The summed E-state index contributed by atoms with van der Waals surface area (Å²) >= 11 is 5.79. The second-order valence-electron chi connectivity index (χ2n) is 4.36. The molecule has 0 radical (unpaired) electrons. The molecule has 0 amide bonds. The maximum absolute atomic E-state index is 13.2. The first kappa shape index (κ1) is 15.4. The van der Waals surface area contributed by atoms with E-state index in [1.807, 2.05) is 0 Å². The number of benzene rings is 2. The minimum absolute atomic E-state index is 0.0437. The molecule has 0 saturated heterocycles. The first-order valence-electron chi connectivity index (χ1n) is 6.19. The summed E-state index contributed by atoms with van der Waals surface area (Å²) in [6, 6.07) is 8.97. The van der Waals surface area contributed by atoms with Crippen molar-refractivity contribution in [3.63, 3.8) is 0 Å². The Labute approximate surface area is 135 Å². The van der Waals surface area contributed by atoms with Crippen LogP contribution in [0.1, 0.15) is 0 Å². The van der Waals surface area contributed by atoms with Crippen LogP contribution in [0.25, 0.3) is 5.69 Å². The second kappa shape index (κ2) is 5.94. The Bertz CT molecular complexity index is 930. The van der Waals surface area contributed by atoms with Gasteiger partial charge in [-0.15, -0.1) is 5.10 Å². The molecule has 3 aromatic rings. The third-order valence-corrected chi connectivity index (χ3v) is 4.55. The second-order valence-corrected chi connectivity index (χ2v) is 6.28. The van der Waals surface area contributed by atoms with E-state index in [4.69, 9.17) is 15.8 Å². The highest BCUT2D eigenvalue weighted by atomic mass is 35.5. The quantitative estimate of drug-likeness (QED) is 0.668. The van der Waals surface area contributed by atoms with Gasteiger partial charge < -0.3 is 4.18 Å². The third kappa shape index (κ3) is 3.30. The summed E-state index contributed by atoms with van der Waals surface area (Å²) in [5.41, 5.74) is 0.614. The number of rotatable bonds is 4. The lowest BCUT2D eigenvalue weighted by Gasteiger charge is -2.09. The molecular weight excluding hydrogens is 347 g/mol. The molecule has 0 aliphatic carbocycles. The Balaban J connectivity index is 1.87. The summed E-state index contributed by atoms with van der Waals surface area (Å²) in [7, 11) is -4.25. The molecule has 0 fully saturated rings. The summed E-state index contributed by atoms with van der Waals surface area (Å²) in [6.07, 6.45) is 1.39. The van der Waals surface area contributed by atoms with E-state index in [9.17, 15) is 12.8 Å². The first-order valence-corrected chi connectivity index (χ1v) is 7.97. The van der Waals surface area contributed by atoms with Crippen LogP contribution in [-0.2, 0) is 10.1 Å². The molecule has 0 N–H and O–H groups in total. The van der Waals surface area contributed by atoms with Crippen LogP contribution in [-0.4, -0.2) is 28.6 Å². The van der Waals surface area contributed by atoms with Crippen molar-refractivity contribution in [2.24, 2.45) is 0 Å². The summed E-state index contributed by atoms with van der Waals surface area (Å²) in [4.78, 5) is -0.441. The number of nitrogens with zero attached hydrogens (tertiary/aromatic N) is 4. The Morgan fingerprint density at radius 2 is 1.87 bits per heavy atom. The van der Waals surface area contributed by atoms with Crippen molar-refractivity contribution in [3.05, 3.63) is 59.6 Å². The standard InChI is InChI=1S/C13H8ClFN4O3S/c14-12-6-1-9(15)7-13(12)23(20,21)22-11-4-2-10(3-5-11)19-8-16-17-18-19/h1-8H. The molecule has 2 aromatic carbocycles. The van der Waals surface area contributed by atoms with Gasteiger partial charge in [0.1, 0.15) is 22.8 Å². The number of aromatic nitrogens is 4. The Morgan fingerprint density at radius 1 is 1.13 bits per heavy atom. The van der Waals surface area contributed by atoms with Crippen LogP contribution in [0.2, 0.25) is 5.02 Å². The molecule has 0 spiro atoms. The van der Waals surface area contributed by atoms with Crippen LogP contribution in [0, 0.1) is 5.82 Å². The minimum atomic E-state index is -4.25. The molecule has 0 saturated carbocycles. The van der Waals surface area contributed by atoms with Gasteiger partial charge >= 0.3 is 10.1 Å². The van der Waals surface area contributed by atoms with Gasteiger partial charge in [0.05, 0.1) is 10.7 Å². The van der Waals surface area contributed by atoms with Crippen molar-refractivity contribution < 1.29 is 17.0 Å². The molecule has 0 bridgehead atoms. The lowest BCUT2D eigenvalue weighted by Crippen LogP contribution is -2.10. The van der Waals surface area contributed by atoms with E-state index >= 15 is 0 Å². The highest BCUT2D eigenvalue weighted by Crippen LogP contribution is 2.26. The van der Waals surface area contributed by atoms with Gasteiger partial charge in [-0.05, 0) is 52.9 Å². The maximum atomic E-state index is 13.2. The highest BCUT2D eigenvalue weighted by molar-refractivity contribution is 7.87. The van der Waals surface area contributed by atoms with Crippen LogP contribution in [0.5, 0.6) is 5.75 Å². The smallest absolute Gasteiger partial charge is 0.340 e. The lowest BCUT2D eigenvalue weighted by atomic mass is 10.3. The first-order chi connectivity index (χ1) is 11.0. The molecule has 23 heavy (non-hydrogen) atoms. The SMILES string of the molecule is O=S(=O)(Oc1ccc(-n2cnnn2)cc1)c1cc(F)ccc1Cl. The molecule has 118 valence electrons. The molecule has 7 nitrogen and oxygen atoms in total. The van der Waals surface area contributed by atoms with Crippen LogP contribution >= 0.6 is 11.6 Å². The van der Waals surface area contributed by atoms with Crippen molar-refractivity contribution in [1.29, 1.82) is 0 Å². The molecule has 1 heterocycles. The van der Waals surface area contributed by atoms with E-state index < -0.39 is 20.8 Å². The zero-order chi connectivity index (χ0) is 16.4. The predicted molar refractivity (Wildman–Crippen MR) is 78.4 cm³/mol. The number of hydrogen-bond acceptors (Lipinski definition) is 6. The Hall–Kier alpha value is -2.52. The van der Waals surface area contributed by atoms with E-state index in [1.165, 1.54) is 23.1 Å². The number of hydrogen-bond donors (Lipinski definition) is 0. The molecular formula is C13H8ClFN4O3S. The number of halogens is 2. The van der Waals surface area contributed by atoms with Crippen molar-refractivity contribution in [2.45, 2.75) is 4.90 Å². The molecule has 0 aliphatic rings. The highest BCUT2D eigenvalue weighted by Gasteiger charge is 2.21. The van der Waals surface area contributed by atoms with Gasteiger partial charge in [-0.1, -0.05) is 11.6 Å². The monoisotopic (exact) mass is 354 g/mol. The summed E-state index contributed by atoms with van der Waals surface area (Å²) in [6.45, 7) is 0. The van der Waals surface area contributed by atoms with Crippen LogP contribution < -0.4 is 4.18 Å². The van der Waals surface area contributed by atoms with E-state index in [0.717, 1.165) is 18.2 Å². The van der Waals surface area contributed by atoms with Gasteiger partial charge in [0.15, 0.2) is 0 Å². The average Bonchev–Trinajstić information content (AvgIpc) is 3.04.